The van der Waals surface area contributed by atoms with Crippen LogP contribution in [0.4, 0.5) is 5.69 Å². The van der Waals surface area contributed by atoms with E-state index in [2.05, 4.69) is 55.0 Å². The molecule has 1 unspecified atom stereocenters. The van der Waals surface area contributed by atoms with Crippen LogP contribution < -0.4 is 4.80 Å². The average Bonchev–Trinajstić information content (AvgIpc) is 3.24. The monoisotopic (exact) mass is 356 g/mol. The molecular weight excluding hydrogens is 332 g/mol. The molecule has 3 aromatic rings. The van der Waals surface area contributed by atoms with E-state index in [0.29, 0.717) is 12.5 Å². The Balaban J connectivity index is 2.06. The van der Waals surface area contributed by atoms with Crippen molar-refractivity contribution in [1.82, 2.24) is 4.57 Å². The third-order valence-electron chi connectivity index (χ3n) is 4.15. The number of thiazole rings is 1. The molecule has 1 atom stereocenters. The van der Waals surface area contributed by atoms with Gasteiger partial charge in [0.1, 0.15) is 0 Å². The zero-order valence-electron chi connectivity index (χ0n) is 15.1. The summed E-state index contributed by atoms with van der Waals surface area (Å²) in [7, 11) is 1.72. The lowest BCUT2D eigenvalue weighted by Gasteiger charge is -2.15. The van der Waals surface area contributed by atoms with Gasteiger partial charge in [0.2, 0.25) is 0 Å². The molecule has 0 bridgehead atoms. The van der Waals surface area contributed by atoms with Crippen LogP contribution in [0, 0.1) is 0 Å². The second-order valence-corrected chi connectivity index (χ2v) is 7.25. The number of hydrogen-bond donors (Lipinski definition) is 0. The average molecular weight is 356 g/mol. The van der Waals surface area contributed by atoms with Crippen molar-refractivity contribution in [3.8, 4) is 11.5 Å². The molecule has 3 rings (SSSR count). The quantitative estimate of drug-likeness (QED) is 0.595. The minimum absolute atomic E-state index is 0.157. The van der Waals surface area contributed by atoms with Crippen molar-refractivity contribution in [2.75, 3.05) is 13.7 Å². The molecule has 0 amide bonds. The highest BCUT2D eigenvalue weighted by atomic mass is 32.1. The van der Waals surface area contributed by atoms with E-state index in [1.165, 1.54) is 5.56 Å². The van der Waals surface area contributed by atoms with Gasteiger partial charge < -0.3 is 13.7 Å². The topological polar surface area (TPSA) is 39.7 Å². The standard InChI is InChI=1S/C20H24N2O2S/c1-14(2)16-7-9-17(10-8-16)21-20-22(15(3)12-23-4)18(13-25-20)19-6-5-11-24-19/h5-11,13-15H,12H2,1-4H3. The Bertz CT molecular complexity index is 858. The molecule has 4 nitrogen and oxygen atoms in total. The Labute approximate surface area is 152 Å². The highest BCUT2D eigenvalue weighted by Crippen LogP contribution is 2.25. The lowest BCUT2D eigenvalue weighted by Crippen LogP contribution is -2.22. The summed E-state index contributed by atoms with van der Waals surface area (Å²) in [4.78, 5) is 5.80. The van der Waals surface area contributed by atoms with Crippen LogP contribution in [-0.4, -0.2) is 18.3 Å². The number of furan rings is 1. The molecule has 2 aromatic heterocycles. The molecule has 2 heterocycles. The predicted octanol–water partition coefficient (Wildman–Crippen LogP) is 5.37. The Kier molecular flexibility index (Phi) is 5.56. The van der Waals surface area contributed by atoms with E-state index < -0.39 is 0 Å². The fourth-order valence-electron chi connectivity index (χ4n) is 2.79. The number of benzene rings is 1. The molecule has 0 aliphatic carbocycles. The highest BCUT2D eigenvalue weighted by molar-refractivity contribution is 7.07. The summed E-state index contributed by atoms with van der Waals surface area (Å²) in [6.07, 6.45) is 1.69. The number of ether oxygens (including phenoxy) is 1. The maximum absolute atomic E-state index is 5.60. The van der Waals surface area contributed by atoms with Crippen LogP contribution in [-0.2, 0) is 4.74 Å². The molecule has 1 aromatic carbocycles. The van der Waals surface area contributed by atoms with Crippen LogP contribution >= 0.6 is 11.3 Å². The van der Waals surface area contributed by atoms with Gasteiger partial charge in [-0.2, -0.15) is 0 Å². The van der Waals surface area contributed by atoms with Crippen molar-refractivity contribution in [2.45, 2.75) is 32.7 Å². The Morgan fingerprint density at radius 1 is 1.16 bits per heavy atom. The number of nitrogens with zero attached hydrogens (tertiary/aromatic N) is 2. The summed E-state index contributed by atoms with van der Waals surface area (Å²) in [5, 5.41) is 2.09. The summed E-state index contributed by atoms with van der Waals surface area (Å²) in [6.45, 7) is 7.14. The van der Waals surface area contributed by atoms with Gasteiger partial charge in [0.15, 0.2) is 10.6 Å². The molecule has 132 valence electrons. The molecule has 0 radical (unpaired) electrons. The van der Waals surface area contributed by atoms with Crippen molar-refractivity contribution in [3.05, 3.63) is 58.4 Å². The smallest absolute Gasteiger partial charge is 0.190 e. The molecule has 0 aliphatic rings. The number of rotatable bonds is 6. The van der Waals surface area contributed by atoms with Crippen molar-refractivity contribution < 1.29 is 9.15 Å². The van der Waals surface area contributed by atoms with Gasteiger partial charge >= 0.3 is 0 Å². The van der Waals surface area contributed by atoms with Gasteiger partial charge in [0, 0.05) is 12.5 Å². The van der Waals surface area contributed by atoms with E-state index >= 15 is 0 Å². The van der Waals surface area contributed by atoms with E-state index in [1.807, 2.05) is 12.1 Å². The highest BCUT2D eigenvalue weighted by Gasteiger charge is 2.15. The SMILES string of the molecule is COCC(C)n1c(-c2ccco2)csc1=Nc1ccc(C(C)C)cc1. The van der Waals surface area contributed by atoms with Gasteiger partial charge in [-0.15, -0.1) is 11.3 Å². The van der Waals surface area contributed by atoms with Crippen molar-refractivity contribution in [3.63, 3.8) is 0 Å². The number of hydrogen-bond acceptors (Lipinski definition) is 4. The fourth-order valence-corrected chi connectivity index (χ4v) is 3.79. The van der Waals surface area contributed by atoms with Crippen LogP contribution in [0.2, 0.25) is 0 Å². The zero-order valence-corrected chi connectivity index (χ0v) is 15.9. The molecule has 0 N–H and O–H groups in total. The van der Waals surface area contributed by atoms with Gasteiger partial charge in [-0.05, 0) is 42.7 Å². The lowest BCUT2D eigenvalue weighted by atomic mass is 10.0. The van der Waals surface area contributed by atoms with E-state index in [4.69, 9.17) is 14.1 Å². The first kappa shape index (κ1) is 17.7. The van der Waals surface area contributed by atoms with Gasteiger partial charge in [-0.1, -0.05) is 26.0 Å². The summed E-state index contributed by atoms with van der Waals surface area (Å²) in [6, 6.07) is 12.5. The summed E-state index contributed by atoms with van der Waals surface area (Å²) < 4.78 is 13.1. The minimum Gasteiger partial charge on any atom is -0.463 e. The van der Waals surface area contributed by atoms with Crippen molar-refractivity contribution in [1.29, 1.82) is 0 Å². The molecule has 0 spiro atoms. The molecule has 5 heteroatoms. The molecule has 25 heavy (non-hydrogen) atoms. The first-order chi connectivity index (χ1) is 12.1. The molecular formula is C20H24N2O2S. The summed E-state index contributed by atoms with van der Waals surface area (Å²) in [5.41, 5.74) is 3.30. The second-order valence-electron chi connectivity index (χ2n) is 6.41. The molecule has 0 aliphatic heterocycles. The third-order valence-corrected chi connectivity index (χ3v) is 4.99. The first-order valence-electron chi connectivity index (χ1n) is 8.47. The zero-order chi connectivity index (χ0) is 17.8. The minimum atomic E-state index is 0.157. The van der Waals surface area contributed by atoms with Gasteiger partial charge in [0.25, 0.3) is 0 Å². The van der Waals surface area contributed by atoms with Crippen molar-refractivity contribution in [2.24, 2.45) is 4.99 Å². The van der Waals surface area contributed by atoms with Crippen molar-refractivity contribution >= 4 is 17.0 Å². The van der Waals surface area contributed by atoms with E-state index in [-0.39, 0.29) is 6.04 Å². The number of aromatic nitrogens is 1. The normalized spacial score (nSPS) is 13.6. The maximum Gasteiger partial charge on any atom is 0.190 e. The third kappa shape index (κ3) is 3.94. The Hall–Kier alpha value is -2.11. The van der Waals surface area contributed by atoms with Crippen LogP contribution in [0.3, 0.4) is 0 Å². The van der Waals surface area contributed by atoms with Crippen LogP contribution in [0.25, 0.3) is 11.5 Å². The van der Waals surface area contributed by atoms with Crippen LogP contribution in [0.5, 0.6) is 0 Å². The fraction of sp³-hybridized carbons (Fsp3) is 0.350. The molecule has 0 saturated carbocycles. The predicted molar refractivity (Wildman–Crippen MR) is 102 cm³/mol. The Morgan fingerprint density at radius 3 is 2.52 bits per heavy atom. The van der Waals surface area contributed by atoms with Gasteiger partial charge in [0.05, 0.1) is 30.3 Å². The number of methoxy groups -OCH3 is 1. The van der Waals surface area contributed by atoms with E-state index in [9.17, 15) is 0 Å². The van der Waals surface area contributed by atoms with Gasteiger partial charge in [-0.25, -0.2) is 4.99 Å². The second kappa shape index (κ2) is 7.85. The largest absolute Gasteiger partial charge is 0.463 e. The first-order valence-corrected chi connectivity index (χ1v) is 9.35. The Morgan fingerprint density at radius 2 is 1.92 bits per heavy atom. The maximum atomic E-state index is 5.60. The summed E-state index contributed by atoms with van der Waals surface area (Å²) in [5.74, 6) is 1.36. The molecule has 0 fully saturated rings. The van der Waals surface area contributed by atoms with Crippen LogP contribution in [0.15, 0.2) is 57.5 Å². The lowest BCUT2D eigenvalue weighted by molar-refractivity contribution is 0.161. The summed E-state index contributed by atoms with van der Waals surface area (Å²) >= 11 is 1.61. The van der Waals surface area contributed by atoms with E-state index in [1.54, 1.807) is 24.7 Å². The van der Waals surface area contributed by atoms with Crippen LogP contribution in [0.1, 0.15) is 38.3 Å². The van der Waals surface area contributed by atoms with Gasteiger partial charge in [-0.3, -0.25) is 0 Å². The van der Waals surface area contributed by atoms with E-state index in [0.717, 1.165) is 21.9 Å². The molecule has 0 saturated heterocycles.